The maximum atomic E-state index is 11.5. The van der Waals surface area contributed by atoms with E-state index in [2.05, 4.69) is 19.6 Å². The summed E-state index contributed by atoms with van der Waals surface area (Å²) in [5, 5.41) is 11.5. The maximum absolute atomic E-state index is 11.5. The molecule has 0 aromatic heterocycles. The van der Waals surface area contributed by atoms with E-state index in [-0.39, 0.29) is 16.7 Å². The number of hydrogen-bond acceptors (Lipinski definition) is 3. The Bertz CT molecular complexity index is 547. The highest BCUT2D eigenvalue weighted by Crippen LogP contribution is 2.38. The summed E-state index contributed by atoms with van der Waals surface area (Å²) < 4.78 is 6.08. The van der Waals surface area contributed by atoms with Gasteiger partial charge in [0.1, 0.15) is 0 Å². The molecule has 0 heterocycles. The van der Waals surface area contributed by atoms with Gasteiger partial charge < -0.3 is 4.43 Å². The molecule has 0 radical (unpaired) electrons. The molecule has 0 aliphatic carbocycles. The lowest BCUT2D eigenvalue weighted by Gasteiger charge is -2.26. The van der Waals surface area contributed by atoms with Crippen molar-refractivity contribution in [2.24, 2.45) is 0 Å². The van der Waals surface area contributed by atoms with Crippen molar-refractivity contribution in [2.45, 2.75) is 60.4 Å². The molecule has 0 N–H and O–H groups in total. The topological polar surface area (TPSA) is 52.4 Å². The lowest BCUT2D eigenvalue weighted by Crippen LogP contribution is -2.27. The quantitative estimate of drug-likeness (QED) is 0.458. The Hall–Kier alpha value is -1.20. The molecule has 0 saturated carbocycles. The van der Waals surface area contributed by atoms with Crippen molar-refractivity contribution in [3.8, 4) is 0 Å². The van der Waals surface area contributed by atoms with Crippen LogP contribution >= 0.6 is 0 Å². The molecule has 1 aromatic rings. The highest BCUT2D eigenvalue weighted by Gasteiger charge is 2.30. The fourth-order valence-corrected chi connectivity index (χ4v) is 3.82. The molecule has 0 fully saturated rings. The molecule has 0 spiro atoms. The van der Waals surface area contributed by atoms with E-state index in [9.17, 15) is 10.1 Å². The third-order valence-corrected chi connectivity index (χ3v) is 4.88. The molecule has 1 unspecified atom stereocenters. The van der Waals surface area contributed by atoms with Gasteiger partial charge in [-0.15, -0.1) is 0 Å². The molecule has 1 rings (SSSR count). The van der Waals surface area contributed by atoms with Crippen LogP contribution in [-0.4, -0.2) is 13.2 Å². The second-order valence-electron chi connectivity index (χ2n) is 6.39. The minimum absolute atomic E-state index is 0.219. The molecule has 0 aliphatic rings. The van der Waals surface area contributed by atoms with Crippen molar-refractivity contribution in [3.63, 3.8) is 0 Å². The fourth-order valence-electron chi connectivity index (χ4n) is 2.64. The van der Waals surface area contributed by atoms with Gasteiger partial charge in [-0.25, -0.2) is 0 Å². The molecule has 1 aromatic carbocycles. The van der Waals surface area contributed by atoms with Crippen LogP contribution in [0.2, 0.25) is 19.6 Å². The normalized spacial score (nSPS) is 13.4. The minimum atomic E-state index is -1.75. The van der Waals surface area contributed by atoms with Crippen molar-refractivity contribution in [1.29, 1.82) is 0 Å². The summed E-state index contributed by atoms with van der Waals surface area (Å²) in [7, 11) is -1.75. The van der Waals surface area contributed by atoms with Gasteiger partial charge in [-0.3, -0.25) is 10.1 Å². The van der Waals surface area contributed by atoms with E-state index in [1.807, 2.05) is 34.6 Å². The number of nitro benzene ring substituents is 1. The first kappa shape index (κ1) is 16.9. The lowest BCUT2D eigenvalue weighted by molar-refractivity contribution is -0.386. The van der Waals surface area contributed by atoms with Gasteiger partial charge in [0.2, 0.25) is 0 Å². The Balaban J connectivity index is 3.56. The molecule has 0 bridgehead atoms. The first-order valence-corrected chi connectivity index (χ1v) is 10.3. The summed E-state index contributed by atoms with van der Waals surface area (Å²) in [5.74, 6) is 0. The predicted octanol–water partition coefficient (Wildman–Crippen LogP) is 4.74. The van der Waals surface area contributed by atoms with E-state index in [0.717, 1.165) is 27.8 Å². The predicted molar refractivity (Wildman–Crippen MR) is 84.9 cm³/mol. The van der Waals surface area contributed by atoms with E-state index in [1.165, 1.54) is 0 Å². The third-order valence-electron chi connectivity index (χ3n) is 3.82. The van der Waals surface area contributed by atoms with Crippen molar-refractivity contribution in [1.82, 2.24) is 0 Å². The fraction of sp³-hybridized carbons (Fsp3) is 0.600. The van der Waals surface area contributed by atoms with Gasteiger partial charge in [-0.05, 0) is 71.0 Å². The SMILES string of the molecule is Cc1c(C)c(C)c([N+](=O)[O-])c(C(C)O[Si](C)(C)C)c1C. The van der Waals surface area contributed by atoms with E-state index in [0.29, 0.717) is 0 Å². The Kier molecular flexibility index (Phi) is 4.76. The summed E-state index contributed by atoms with van der Waals surface area (Å²) in [4.78, 5) is 11.2. The number of rotatable bonds is 4. The highest BCUT2D eigenvalue weighted by atomic mass is 28.4. The average molecular weight is 295 g/mol. The van der Waals surface area contributed by atoms with Gasteiger partial charge in [0.25, 0.3) is 5.69 Å². The first-order valence-electron chi connectivity index (χ1n) is 6.89. The van der Waals surface area contributed by atoms with Crippen LogP contribution in [0.4, 0.5) is 5.69 Å². The summed E-state index contributed by atoms with van der Waals surface area (Å²) in [5.41, 5.74) is 4.80. The van der Waals surface area contributed by atoms with Crippen LogP contribution in [0, 0.1) is 37.8 Å². The molecular weight excluding hydrogens is 270 g/mol. The van der Waals surface area contributed by atoms with Crippen LogP contribution in [0.3, 0.4) is 0 Å². The van der Waals surface area contributed by atoms with Gasteiger partial charge in [0.15, 0.2) is 8.32 Å². The van der Waals surface area contributed by atoms with Gasteiger partial charge in [-0.1, -0.05) is 0 Å². The number of nitrogens with zero attached hydrogens (tertiary/aromatic N) is 1. The van der Waals surface area contributed by atoms with Crippen LogP contribution in [0.5, 0.6) is 0 Å². The lowest BCUT2D eigenvalue weighted by atomic mass is 9.90. The van der Waals surface area contributed by atoms with E-state index >= 15 is 0 Å². The zero-order chi connectivity index (χ0) is 15.8. The van der Waals surface area contributed by atoms with E-state index in [4.69, 9.17) is 4.43 Å². The van der Waals surface area contributed by atoms with Crippen LogP contribution < -0.4 is 0 Å². The minimum Gasteiger partial charge on any atom is -0.411 e. The second-order valence-corrected chi connectivity index (χ2v) is 10.9. The number of hydrogen-bond donors (Lipinski definition) is 0. The Morgan fingerprint density at radius 3 is 1.85 bits per heavy atom. The number of nitro groups is 1. The third kappa shape index (κ3) is 3.27. The Labute approximate surface area is 122 Å². The summed E-state index contributed by atoms with van der Waals surface area (Å²) >= 11 is 0. The smallest absolute Gasteiger partial charge is 0.278 e. The monoisotopic (exact) mass is 295 g/mol. The van der Waals surface area contributed by atoms with Crippen LogP contribution in [-0.2, 0) is 4.43 Å². The average Bonchev–Trinajstić information content (AvgIpc) is 2.27. The van der Waals surface area contributed by atoms with Crippen LogP contribution in [0.15, 0.2) is 0 Å². The molecule has 1 atom stereocenters. The van der Waals surface area contributed by atoms with Crippen molar-refractivity contribution >= 4 is 14.0 Å². The van der Waals surface area contributed by atoms with Gasteiger partial charge in [0.05, 0.1) is 16.6 Å². The Morgan fingerprint density at radius 1 is 1.00 bits per heavy atom. The summed E-state index contributed by atoms with van der Waals surface area (Å²) in [6.45, 7) is 15.9. The standard InChI is InChI=1S/C15H25NO3Si/c1-9-10(2)12(4)15(16(17)18)14(11(9)3)13(5)19-20(6,7)8/h13H,1-8H3. The zero-order valence-corrected chi connectivity index (χ0v) is 14.7. The molecule has 0 aliphatic heterocycles. The molecule has 0 saturated heterocycles. The molecule has 4 nitrogen and oxygen atoms in total. The van der Waals surface area contributed by atoms with Crippen LogP contribution in [0.1, 0.15) is 40.8 Å². The van der Waals surface area contributed by atoms with Gasteiger partial charge >= 0.3 is 0 Å². The Morgan fingerprint density at radius 2 is 1.45 bits per heavy atom. The summed E-state index contributed by atoms with van der Waals surface area (Å²) in [6, 6.07) is 0. The van der Waals surface area contributed by atoms with Crippen molar-refractivity contribution in [3.05, 3.63) is 37.9 Å². The number of benzene rings is 1. The first-order chi connectivity index (χ1) is 8.97. The zero-order valence-electron chi connectivity index (χ0n) is 13.7. The molecule has 20 heavy (non-hydrogen) atoms. The second kappa shape index (κ2) is 5.66. The van der Waals surface area contributed by atoms with Gasteiger partial charge in [-0.2, -0.15) is 0 Å². The maximum Gasteiger partial charge on any atom is 0.278 e. The van der Waals surface area contributed by atoms with E-state index in [1.54, 1.807) is 0 Å². The van der Waals surface area contributed by atoms with E-state index < -0.39 is 8.32 Å². The van der Waals surface area contributed by atoms with Crippen molar-refractivity contribution in [2.75, 3.05) is 0 Å². The highest BCUT2D eigenvalue weighted by molar-refractivity contribution is 6.69. The van der Waals surface area contributed by atoms with Crippen molar-refractivity contribution < 1.29 is 9.35 Å². The van der Waals surface area contributed by atoms with Gasteiger partial charge in [0, 0.05) is 5.56 Å². The molecule has 0 amide bonds. The molecule has 5 heteroatoms. The molecular formula is C15H25NO3Si. The largest absolute Gasteiger partial charge is 0.411 e. The summed E-state index contributed by atoms with van der Waals surface area (Å²) in [6.07, 6.45) is -0.250. The molecule has 112 valence electrons. The van der Waals surface area contributed by atoms with Crippen LogP contribution in [0.25, 0.3) is 0 Å².